The maximum Gasteiger partial charge on any atom is 0.312 e. The number of hydrogen-bond donors (Lipinski definition) is 0. The minimum Gasteiger partial charge on any atom is -0.334 e. The van der Waals surface area contributed by atoms with Crippen molar-refractivity contribution in [3.05, 3.63) is 108 Å². The first-order valence-corrected chi connectivity index (χ1v) is 11.4. The van der Waals surface area contributed by atoms with Gasteiger partial charge in [-0.15, -0.1) is 0 Å². The highest BCUT2D eigenvalue weighted by Crippen LogP contribution is 2.22. The summed E-state index contributed by atoms with van der Waals surface area (Å²) in [5, 5.41) is 0. The van der Waals surface area contributed by atoms with Crippen molar-refractivity contribution in [3.63, 3.8) is 0 Å². The maximum absolute atomic E-state index is 13.3. The number of likely N-dealkylation sites (tertiary alicyclic amines) is 1. The summed E-state index contributed by atoms with van der Waals surface area (Å²) in [6, 6.07) is 30.2. The van der Waals surface area contributed by atoms with Gasteiger partial charge in [0.1, 0.15) is 0 Å². The predicted molar refractivity (Wildman–Crippen MR) is 127 cm³/mol. The number of benzene rings is 3. The molecule has 1 aliphatic heterocycles. The van der Waals surface area contributed by atoms with Crippen LogP contribution < -0.4 is 0 Å². The Balaban J connectivity index is 1.39. The summed E-state index contributed by atoms with van der Waals surface area (Å²) in [4.78, 5) is 29.8. The van der Waals surface area contributed by atoms with Gasteiger partial charge in [-0.25, -0.2) is 0 Å². The highest BCUT2D eigenvalue weighted by molar-refractivity contribution is 6.34. The van der Waals surface area contributed by atoms with Crippen LogP contribution in [0.1, 0.15) is 29.5 Å². The van der Waals surface area contributed by atoms with Crippen LogP contribution in [0.3, 0.4) is 0 Å². The Labute approximate surface area is 190 Å². The predicted octanol–water partition coefficient (Wildman–Crippen LogP) is 4.70. The number of piperidine rings is 1. The van der Waals surface area contributed by atoms with Crippen LogP contribution in [0.25, 0.3) is 0 Å². The molecule has 0 spiro atoms. The Hall–Kier alpha value is -3.40. The van der Waals surface area contributed by atoms with Gasteiger partial charge in [-0.2, -0.15) is 0 Å². The summed E-state index contributed by atoms with van der Waals surface area (Å²) in [7, 11) is 0. The molecule has 0 saturated carbocycles. The van der Waals surface area contributed by atoms with E-state index in [1.54, 1.807) is 9.80 Å². The summed E-state index contributed by atoms with van der Waals surface area (Å²) < 4.78 is 0. The van der Waals surface area contributed by atoms with Gasteiger partial charge in [0, 0.05) is 26.2 Å². The second kappa shape index (κ2) is 10.8. The van der Waals surface area contributed by atoms with E-state index in [0.29, 0.717) is 32.1 Å². The molecular formula is C28H30N2O2. The normalized spacial score (nSPS) is 14.2. The van der Waals surface area contributed by atoms with Crippen LogP contribution in [0.15, 0.2) is 91.0 Å². The molecule has 3 aromatic carbocycles. The van der Waals surface area contributed by atoms with Crippen molar-refractivity contribution in [2.45, 2.75) is 32.4 Å². The fourth-order valence-electron chi connectivity index (χ4n) is 4.37. The van der Waals surface area contributed by atoms with Crippen molar-refractivity contribution in [1.82, 2.24) is 9.80 Å². The third-order valence-electron chi connectivity index (χ3n) is 6.17. The summed E-state index contributed by atoms with van der Waals surface area (Å²) >= 11 is 0. The second-order valence-electron chi connectivity index (χ2n) is 8.56. The van der Waals surface area contributed by atoms with E-state index >= 15 is 0 Å². The number of carbonyl (C=O) groups is 2. The minimum absolute atomic E-state index is 0.380. The zero-order chi connectivity index (χ0) is 22.2. The summed E-state index contributed by atoms with van der Waals surface area (Å²) in [6.07, 6.45) is 2.90. The van der Waals surface area contributed by atoms with Crippen LogP contribution in [-0.4, -0.2) is 34.7 Å². The standard InChI is InChI=1S/C28H30N2O2/c31-27(29-18-16-24(17-19-29)20-23-10-4-1-5-11-23)28(32)30(21-25-12-6-2-7-13-25)22-26-14-8-3-9-15-26/h1-15,24H,16-22H2. The van der Waals surface area contributed by atoms with Crippen molar-refractivity contribution in [3.8, 4) is 0 Å². The zero-order valence-electron chi connectivity index (χ0n) is 18.4. The second-order valence-corrected chi connectivity index (χ2v) is 8.56. The van der Waals surface area contributed by atoms with E-state index in [1.165, 1.54) is 5.56 Å². The van der Waals surface area contributed by atoms with Crippen molar-refractivity contribution in [2.75, 3.05) is 13.1 Å². The molecule has 4 heteroatoms. The third-order valence-corrected chi connectivity index (χ3v) is 6.17. The largest absolute Gasteiger partial charge is 0.334 e. The van der Waals surface area contributed by atoms with Gasteiger partial charge < -0.3 is 9.80 Å². The van der Waals surface area contributed by atoms with Gasteiger partial charge >= 0.3 is 11.8 Å². The third kappa shape index (κ3) is 5.85. The van der Waals surface area contributed by atoms with Gasteiger partial charge in [0.05, 0.1) is 0 Å². The lowest BCUT2D eigenvalue weighted by Crippen LogP contribution is -2.47. The quantitative estimate of drug-likeness (QED) is 0.536. The molecule has 1 heterocycles. The van der Waals surface area contributed by atoms with Crippen LogP contribution in [0.4, 0.5) is 0 Å². The molecule has 0 atom stereocenters. The Kier molecular flexibility index (Phi) is 7.34. The molecule has 1 saturated heterocycles. The van der Waals surface area contributed by atoms with E-state index in [2.05, 4.69) is 24.3 Å². The number of rotatable bonds is 6. The SMILES string of the molecule is O=C(C(=O)N(Cc1ccccc1)Cc1ccccc1)N1CCC(Cc2ccccc2)CC1. The monoisotopic (exact) mass is 426 g/mol. The van der Waals surface area contributed by atoms with Gasteiger partial charge in [0.15, 0.2) is 0 Å². The van der Waals surface area contributed by atoms with E-state index in [9.17, 15) is 9.59 Å². The average Bonchev–Trinajstić information content (AvgIpc) is 2.85. The lowest BCUT2D eigenvalue weighted by atomic mass is 9.90. The van der Waals surface area contributed by atoms with Crippen molar-refractivity contribution in [1.29, 1.82) is 0 Å². The molecule has 0 unspecified atom stereocenters. The molecule has 4 nitrogen and oxygen atoms in total. The van der Waals surface area contributed by atoms with E-state index in [0.717, 1.165) is 30.4 Å². The Bertz CT molecular complexity index is 956. The Morgan fingerprint density at radius 2 is 1.12 bits per heavy atom. The van der Waals surface area contributed by atoms with Gasteiger partial charge in [0.2, 0.25) is 0 Å². The Morgan fingerprint density at radius 1 is 0.688 bits per heavy atom. The molecule has 32 heavy (non-hydrogen) atoms. The van der Waals surface area contributed by atoms with Crippen molar-refractivity contribution >= 4 is 11.8 Å². The molecular weight excluding hydrogens is 396 g/mol. The number of carbonyl (C=O) groups excluding carboxylic acids is 2. The van der Waals surface area contributed by atoms with E-state index in [-0.39, 0.29) is 5.91 Å². The first kappa shape index (κ1) is 21.8. The number of nitrogens with zero attached hydrogens (tertiary/aromatic N) is 2. The zero-order valence-corrected chi connectivity index (χ0v) is 18.4. The average molecular weight is 427 g/mol. The molecule has 0 aromatic heterocycles. The summed E-state index contributed by atoms with van der Waals surface area (Å²) in [5.41, 5.74) is 3.38. The Morgan fingerprint density at radius 3 is 1.59 bits per heavy atom. The van der Waals surface area contributed by atoms with Gasteiger partial charge in [-0.3, -0.25) is 9.59 Å². The maximum atomic E-state index is 13.3. The minimum atomic E-state index is -0.417. The van der Waals surface area contributed by atoms with Gasteiger partial charge in [0.25, 0.3) is 0 Å². The molecule has 4 rings (SSSR count). The van der Waals surface area contributed by atoms with Crippen LogP contribution in [-0.2, 0) is 29.1 Å². The van der Waals surface area contributed by atoms with E-state index < -0.39 is 5.91 Å². The van der Waals surface area contributed by atoms with Crippen molar-refractivity contribution in [2.24, 2.45) is 5.92 Å². The first-order chi connectivity index (χ1) is 15.7. The number of hydrogen-bond acceptors (Lipinski definition) is 2. The lowest BCUT2D eigenvalue weighted by molar-refractivity contribution is -0.153. The van der Waals surface area contributed by atoms with Gasteiger partial charge in [-0.05, 0) is 41.9 Å². The highest BCUT2D eigenvalue weighted by atomic mass is 16.2. The van der Waals surface area contributed by atoms with Crippen LogP contribution >= 0.6 is 0 Å². The van der Waals surface area contributed by atoms with E-state index in [1.807, 2.05) is 66.7 Å². The smallest absolute Gasteiger partial charge is 0.312 e. The fourth-order valence-corrected chi connectivity index (χ4v) is 4.37. The lowest BCUT2D eigenvalue weighted by Gasteiger charge is -2.33. The first-order valence-electron chi connectivity index (χ1n) is 11.4. The summed E-state index contributed by atoms with van der Waals surface area (Å²) in [5.74, 6) is -0.240. The molecule has 164 valence electrons. The molecule has 0 N–H and O–H groups in total. The molecule has 0 bridgehead atoms. The summed E-state index contributed by atoms with van der Waals surface area (Å²) in [6.45, 7) is 2.13. The fraction of sp³-hybridized carbons (Fsp3) is 0.286. The van der Waals surface area contributed by atoms with Crippen LogP contribution in [0, 0.1) is 5.92 Å². The number of amides is 2. The molecule has 3 aromatic rings. The molecule has 1 aliphatic rings. The van der Waals surface area contributed by atoms with Gasteiger partial charge in [-0.1, -0.05) is 91.0 Å². The van der Waals surface area contributed by atoms with Crippen LogP contribution in [0.5, 0.6) is 0 Å². The topological polar surface area (TPSA) is 40.6 Å². The molecule has 1 fully saturated rings. The molecule has 2 amide bonds. The van der Waals surface area contributed by atoms with Crippen LogP contribution in [0.2, 0.25) is 0 Å². The molecule has 0 aliphatic carbocycles. The van der Waals surface area contributed by atoms with E-state index in [4.69, 9.17) is 0 Å². The molecule has 0 radical (unpaired) electrons. The highest BCUT2D eigenvalue weighted by Gasteiger charge is 2.30. The van der Waals surface area contributed by atoms with Crippen molar-refractivity contribution < 1.29 is 9.59 Å².